The standard InChI is InChI=1S/C4H7Cl2O2P/c1-7-4(8-2)3-9(5)6/h3H,1-2H3. The van der Waals surface area contributed by atoms with E-state index in [0.717, 1.165) is 0 Å². The van der Waals surface area contributed by atoms with Crippen molar-refractivity contribution in [3.8, 4) is 0 Å². The van der Waals surface area contributed by atoms with Gasteiger partial charge in [-0.2, -0.15) is 0 Å². The predicted molar refractivity (Wildman–Crippen MR) is 40.7 cm³/mol. The minimum Gasteiger partial charge on any atom is -0.469 e. The molecule has 0 spiro atoms. The lowest BCUT2D eigenvalue weighted by Gasteiger charge is -2.02. The molecule has 0 amide bonds. The van der Waals surface area contributed by atoms with Crippen LogP contribution in [0.2, 0.25) is 0 Å². The number of rotatable bonds is 3. The fourth-order valence-electron chi connectivity index (χ4n) is 0.268. The Balaban J connectivity index is 3.75. The predicted octanol–water partition coefficient (Wildman–Crippen LogP) is 2.87. The lowest BCUT2D eigenvalue weighted by atomic mass is 11.0. The minimum absolute atomic E-state index is 0.353. The molecule has 0 aromatic rings. The average Bonchev–Trinajstić information content (AvgIpc) is 1.82. The molecule has 0 fully saturated rings. The molecule has 0 rings (SSSR count). The van der Waals surface area contributed by atoms with E-state index in [1.165, 1.54) is 20.0 Å². The second kappa shape index (κ2) is 5.16. The molecule has 0 aromatic heterocycles. The van der Waals surface area contributed by atoms with Crippen LogP contribution in [0.4, 0.5) is 0 Å². The Morgan fingerprint density at radius 2 is 1.78 bits per heavy atom. The van der Waals surface area contributed by atoms with Crippen molar-refractivity contribution in [2.24, 2.45) is 0 Å². The molecule has 2 nitrogen and oxygen atoms in total. The summed E-state index contributed by atoms with van der Waals surface area (Å²) in [4.78, 5) is 0. The Morgan fingerprint density at radius 1 is 1.33 bits per heavy atom. The van der Waals surface area contributed by atoms with Gasteiger partial charge in [0.25, 0.3) is 5.95 Å². The van der Waals surface area contributed by atoms with E-state index < -0.39 is 6.63 Å². The smallest absolute Gasteiger partial charge is 0.281 e. The molecule has 9 heavy (non-hydrogen) atoms. The topological polar surface area (TPSA) is 18.5 Å². The second-order valence-electron chi connectivity index (χ2n) is 1.12. The van der Waals surface area contributed by atoms with E-state index in [1.807, 2.05) is 0 Å². The van der Waals surface area contributed by atoms with E-state index >= 15 is 0 Å². The zero-order valence-electron chi connectivity index (χ0n) is 5.10. The zero-order chi connectivity index (χ0) is 7.28. The Kier molecular flexibility index (Phi) is 5.36. The number of methoxy groups -OCH3 is 2. The molecule has 0 heterocycles. The third-order valence-corrected chi connectivity index (χ3v) is 1.60. The molecule has 0 radical (unpaired) electrons. The largest absolute Gasteiger partial charge is 0.469 e. The molecule has 0 bridgehead atoms. The number of hydrogen-bond donors (Lipinski definition) is 0. The maximum absolute atomic E-state index is 5.42. The fraction of sp³-hybridized carbons (Fsp3) is 0.500. The summed E-state index contributed by atoms with van der Waals surface area (Å²) in [6.45, 7) is -1.12. The van der Waals surface area contributed by atoms with Crippen molar-refractivity contribution in [3.05, 3.63) is 11.8 Å². The van der Waals surface area contributed by atoms with E-state index in [9.17, 15) is 0 Å². The first-order valence-corrected chi connectivity index (χ1v) is 5.33. The summed E-state index contributed by atoms with van der Waals surface area (Å²) in [6.07, 6.45) is 0. The van der Waals surface area contributed by atoms with Crippen molar-refractivity contribution in [3.63, 3.8) is 0 Å². The van der Waals surface area contributed by atoms with E-state index in [1.54, 1.807) is 0 Å². The monoisotopic (exact) mass is 188 g/mol. The van der Waals surface area contributed by atoms with Crippen molar-refractivity contribution >= 4 is 29.1 Å². The highest BCUT2D eigenvalue weighted by atomic mass is 35.9. The van der Waals surface area contributed by atoms with Crippen LogP contribution in [-0.2, 0) is 9.47 Å². The molecular formula is C4H7Cl2O2P. The maximum Gasteiger partial charge on any atom is 0.281 e. The molecule has 0 atom stereocenters. The van der Waals surface area contributed by atoms with Gasteiger partial charge in [0.1, 0.15) is 6.63 Å². The normalized spacial score (nSPS) is 9.00. The molecular weight excluding hydrogens is 182 g/mol. The van der Waals surface area contributed by atoms with Crippen molar-refractivity contribution < 1.29 is 9.47 Å². The SMILES string of the molecule is COC(=CP(Cl)Cl)OC. The van der Waals surface area contributed by atoms with E-state index in [-0.39, 0.29) is 0 Å². The third kappa shape index (κ3) is 4.83. The van der Waals surface area contributed by atoms with Gasteiger partial charge in [-0.05, 0) is 0 Å². The average molecular weight is 189 g/mol. The van der Waals surface area contributed by atoms with Gasteiger partial charge in [-0.1, -0.05) is 22.5 Å². The lowest BCUT2D eigenvalue weighted by Crippen LogP contribution is -1.86. The molecule has 0 aliphatic heterocycles. The van der Waals surface area contributed by atoms with Gasteiger partial charge in [0.2, 0.25) is 0 Å². The van der Waals surface area contributed by atoms with Crippen LogP contribution in [0.15, 0.2) is 11.8 Å². The van der Waals surface area contributed by atoms with Gasteiger partial charge in [0, 0.05) is 0 Å². The van der Waals surface area contributed by atoms with Crippen molar-refractivity contribution in [2.45, 2.75) is 0 Å². The van der Waals surface area contributed by atoms with E-state index in [4.69, 9.17) is 32.0 Å². The zero-order valence-corrected chi connectivity index (χ0v) is 7.50. The van der Waals surface area contributed by atoms with Crippen LogP contribution >= 0.6 is 29.1 Å². The molecule has 0 N–H and O–H groups in total. The quantitative estimate of drug-likeness (QED) is 0.501. The number of hydrogen-bond acceptors (Lipinski definition) is 2. The van der Waals surface area contributed by atoms with Crippen LogP contribution in [0.25, 0.3) is 0 Å². The molecule has 54 valence electrons. The summed E-state index contributed by atoms with van der Waals surface area (Å²) >= 11 is 10.8. The highest BCUT2D eigenvalue weighted by Crippen LogP contribution is 2.49. The molecule has 5 heteroatoms. The van der Waals surface area contributed by atoms with Crippen LogP contribution in [0, 0.1) is 0 Å². The van der Waals surface area contributed by atoms with E-state index in [2.05, 4.69) is 0 Å². The molecule has 0 saturated heterocycles. The van der Waals surface area contributed by atoms with Crippen molar-refractivity contribution in [1.29, 1.82) is 0 Å². The minimum atomic E-state index is -1.12. The highest BCUT2D eigenvalue weighted by Gasteiger charge is 1.97. The molecule has 0 aliphatic carbocycles. The van der Waals surface area contributed by atoms with Gasteiger partial charge < -0.3 is 9.47 Å². The maximum atomic E-state index is 5.42. The van der Waals surface area contributed by atoms with Crippen LogP contribution in [0.5, 0.6) is 0 Å². The van der Waals surface area contributed by atoms with Gasteiger partial charge in [0.05, 0.1) is 20.0 Å². The Labute approximate surface area is 65.1 Å². The third-order valence-electron chi connectivity index (χ3n) is 0.605. The molecule has 0 saturated carbocycles. The summed E-state index contributed by atoms with van der Waals surface area (Å²) in [5.74, 6) is 1.87. The number of ether oxygens (including phenoxy) is 2. The Bertz CT molecular complexity index is 98.7. The van der Waals surface area contributed by atoms with Crippen LogP contribution in [-0.4, -0.2) is 14.2 Å². The van der Waals surface area contributed by atoms with Crippen molar-refractivity contribution in [2.75, 3.05) is 14.2 Å². The number of halogens is 2. The first kappa shape index (κ1) is 9.35. The fourth-order valence-corrected chi connectivity index (χ4v) is 1.12. The summed E-state index contributed by atoms with van der Waals surface area (Å²) in [5, 5.41) is 0. The highest BCUT2D eigenvalue weighted by molar-refractivity contribution is 8.06. The molecule has 0 aromatic carbocycles. The summed E-state index contributed by atoms with van der Waals surface area (Å²) < 4.78 is 9.39. The van der Waals surface area contributed by atoms with Crippen LogP contribution < -0.4 is 0 Å². The Morgan fingerprint density at radius 3 is 1.89 bits per heavy atom. The molecule has 0 aliphatic rings. The van der Waals surface area contributed by atoms with Gasteiger partial charge in [0.15, 0.2) is 0 Å². The second-order valence-corrected chi connectivity index (χ2v) is 4.60. The first-order valence-electron chi connectivity index (χ1n) is 2.11. The van der Waals surface area contributed by atoms with Gasteiger partial charge in [-0.15, -0.1) is 0 Å². The van der Waals surface area contributed by atoms with Crippen LogP contribution in [0.3, 0.4) is 0 Å². The van der Waals surface area contributed by atoms with E-state index in [0.29, 0.717) is 5.95 Å². The summed E-state index contributed by atoms with van der Waals surface area (Å²) in [7, 11) is 2.98. The van der Waals surface area contributed by atoms with Gasteiger partial charge in [-0.3, -0.25) is 0 Å². The van der Waals surface area contributed by atoms with Crippen molar-refractivity contribution in [1.82, 2.24) is 0 Å². The summed E-state index contributed by atoms with van der Waals surface area (Å²) in [5.41, 5.74) is 0. The Hall–Kier alpha value is 0.350. The van der Waals surface area contributed by atoms with Gasteiger partial charge in [-0.25, -0.2) is 0 Å². The lowest BCUT2D eigenvalue weighted by molar-refractivity contribution is 0.0966. The van der Waals surface area contributed by atoms with Gasteiger partial charge >= 0.3 is 0 Å². The molecule has 0 unspecified atom stereocenters. The first-order chi connectivity index (χ1) is 4.20. The van der Waals surface area contributed by atoms with Crippen LogP contribution in [0.1, 0.15) is 0 Å². The summed E-state index contributed by atoms with van der Waals surface area (Å²) in [6, 6.07) is 0.